The van der Waals surface area contributed by atoms with Gasteiger partial charge in [-0.25, -0.2) is 9.97 Å². The van der Waals surface area contributed by atoms with Crippen molar-refractivity contribution in [2.24, 2.45) is 5.41 Å². The van der Waals surface area contributed by atoms with Gasteiger partial charge in [0.05, 0.1) is 12.5 Å². The lowest BCUT2D eigenvalue weighted by Crippen LogP contribution is -2.39. The number of carbonyl (C=O) groups excluding carboxylic acids is 1. The normalized spacial score (nSPS) is 12.0. The highest BCUT2D eigenvalue weighted by molar-refractivity contribution is 5.96. The molecular formula is C23H29N3O5. The number of hydrogen-bond acceptors (Lipinski definition) is 6. The molecule has 0 bridgehead atoms. The van der Waals surface area contributed by atoms with Gasteiger partial charge < -0.3 is 20.3 Å². The van der Waals surface area contributed by atoms with Crippen molar-refractivity contribution in [1.29, 1.82) is 0 Å². The second-order valence-corrected chi connectivity index (χ2v) is 8.13. The zero-order chi connectivity index (χ0) is 23.3. The van der Waals surface area contributed by atoms with E-state index < -0.39 is 17.3 Å². The molecule has 0 atom stereocenters. The van der Waals surface area contributed by atoms with Crippen LogP contribution in [0.15, 0.2) is 30.6 Å². The second-order valence-electron chi connectivity index (χ2n) is 8.13. The van der Waals surface area contributed by atoms with Crippen molar-refractivity contribution in [1.82, 2.24) is 15.3 Å². The molecule has 2 aromatic heterocycles. The van der Waals surface area contributed by atoms with Gasteiger partial charge in [-0.1, -0.05) is 19.9 Å². The highest BCUT2D eigenvalue weighted by atomic mass is 16.5. The van der Waals surface area contributed by atoms with Crippen molar-refractivity contribution >= 4 is 17.4 Å². The van der Waals surface area contributed by atoms with E-state index in [9.17, 15) is 19.8 Å². The van der Waals surface area contributed by atoms with Crippen LogP contribution in [0.3, 0.4) is 0 Å². The van der Waals surface area contributed by atoms with Crippen LogP contribution in [-0.2, 0) is 4.79 Å². The van der Waals surface area contributed by atoms with Gasteiger partial charge >= 0.3 is 5.97 Å². The Bertz CT molecular complexity index is 1010. The van der Waals surface area contributed by atoms with E-state index in [2.05, 4.69) is 29.1 Å². The molecule has 8 nitrogen and oxygen atoms in total. The fraction of sp³-hybridized carbons (Fsp3) is 0.391. The summed E-state index contributed by atoms with van der Waals surface area (Å²) in [5.74, 6) is -1.31. The first-order valence-corrected chi connectivity index (χ1v) is 9.93. The Hall–Kier alpha value is -3.42. The van der Waals surface area contributed by atoms with Crippen molar-refractivity contribution in [3.8, 4) is 11.6 Å². The van der Waals surface area contributed by atoms with Crippen LogP contribution in [0.2, 0.25) is 0 Å². The van der Waals surface area contributed by atoms with Crippen molar-refractivity contribution in [3.05, 3.63) is 53.0 Å². The number of hydrogen-bond donors (Lipinski definition) is 3. The number of nitrogens with zero attached hydrogens (tertiary/aromatic N) is 2. The van der Waals surface area contributed by atoms with E-state index in [1.165, 1.54) is 26.1 Å². The molecule has 0 aliphatic heterocycles. The number of carboxylic acids is 1. The number of allylic oxidation sites excluding steroid dienone is 1. The molecule has 31 heavy (non-hydrogen) atoms. The summed E-state index contributed by atoms with van der Waals surface area (Å²) in [5.41, 5.74) is 2.02. The summed E-state index contributed by atoms with van der Waals surface area (Å²) in [7, 11) is 1.54. The lowest BCUT2D eigenvalue weighted by Gasteiger charge is -2.19. The van der Waals surface area contributed by atoms with Gasteiger partial charge in [-0.3, -0.25) is 9.59 Å². The van der Waals surface area contributed by atoms with Crippen LogP contribution < -0.4 is 10.1 Å². The number of methoxy groups -OCH3 is 1. The number of pyridine rings is 2. The molecule has 0 unspecified atom stereocenters. The molecule has 1 amide bonds. The number of nitrogens with one attached hydrogen (secondary N) is 1. The molecule has 0 fully saturated rings. The average Bonchev–Trinajstić information content (AvgIpc) is 2.72. The van der Waals surface area contributed by atoms with Crippen molar-refractivity contribution in [3.63, 3.8) is 0 Å². The summed E-state index contributed by atoms with van der Waals surface area (Å²) in [4.78, 5) is 32.1. The van der Waals surface area contributed by atoms with Crippen molar-refractivity contribution in [2.45, 2.75) is 40.5 Å². The maximum atomic E-state index is 12.4. The third-order valence-corrected chi connectivity index (χ3v) is 4.98. The van der Waals surface area contributed by atoms with Crippen molar-refractivity contribution in [2.75, 3.05) is 13.7 Å². The van der Waals surface area contributed by atoms with Crippen LogP contribution in [-0.4, -0.2) is 45.7 Å². The van der Waals surface area contributed by atoms with Gasteiger partial charge in [0.2, 0.25) is 5.88 Å². The SMILES string of the molecule is C/C=C(/c1cnc(C(=O)NCC(C)(C)C(=O)O)c(O)c1)c1cc(OC)ncc1C(C)C. The van der Waals surface area contributed by atoms with Crippen LogP contribution in [0.1, 0.15) is 67.7 Å². The molecule has 3 N–H and O–H groups in total. The monoisotopic (exact) mass is 427 g/mol. The first kappa shape index (κ1) is 23.9. The molecule has 0 saturated carbocycles. The Kier molecular flexibility index (Phi) is 7.38. The van der Waals surface area contributed by atoms with Gasteiger partial charge in [-0.05, 0) is 49.5 Å². The van der Waals surface area contributed by atoms with E-state index in [4.69, 9.17) is 4.74 Å². The van der Waals surface area contributed by atoms with E-state index in [1.54, 1.807) is 13.3 Å². The molecule has 2 rings (SSSR count). The molecule has 166 valence electrons. The molecule has 0 spiro atoms. The Morgan fingerprint density at radius 3 is 2.42 bits per heavy atom. The first-order valence-electron chi connectivity index (χ1n) is 9.93. The van der Waals surface area contributed by atoms with Crippen LogP contribution >= 0.6 is 0 Å². The van der Waals surface area contributed by atoms with Crippen LogP contribution in [0.5, 0.6) is 11.6 Å². The van der Waals surface area contributed by atoms with Gasteiger partial charge in [-0.2, -0.15) is 0 Å². The predicted molar refractivity (Wildman–Crippen MR) is 117 cm³/mol. The Morgan fingerprint density at radius 1 is 1.23 bits per heavy atom. The standard InChI is InChI=1S/C23H29N3O5/c1-7-15(16-9-19(31-6)24-11-17(16)13(2)3)14-8-18(27)20(25-10-14)21(28)26-12-23(4,5)22(29)30/h7-11,13,27H,12H2,1-6H3,(H,26,28)(H,29,30)/b15-7-. The number of carbonyl (C=O) groups is 2. The number of aromatic nitrogens is 2. The molecule has 2 aromatic rings. The Balaban J connectivity index is 2.38. The fourth-order valence-electron chi connectivity index (χ4n) is 2.97. The van der Waals surface area contributed by atoms with E-state index in [1.807, 2.05) is 19.1 Å². The van der Waals surface area contributed by atoms with E-state index in [0.717, 1.165) is 16.7 Å². The van der Waals surface area contributed by atoms with E-state index in [0.29, 0.717) is 11.4 Å². The van der Waals surface area contributed by atoms with Crippen LogP contribution in [0.4, 0.5) is 0 Å². The predicted octanol–water partition coefficient (Wildman–Crippen LogP) is 3.61. The molecule has 0 aliphatic carbocycles. The van der Waals surface area contributed by atoms with Crippen molar-refractivity contribution < 1.29 is 24.5 Å². The average molecular weight is 428 g/mol. The lowest BCUT2D eigenvalue weighted by molar-refractivity contribution is -0.146. The highest BCUT2D eigenvalue weighted by Crippen LogP contribution is 2.33. The molecular weight excluding hydrogens is 398 g/mol. The zero-order valence-electron chi connectivity index (χ0n) is 18.7. The minimum Gasteiger partial charge on any atom is -0.505 e. The first-order chi connectivity index (χ1) is 14.5. The Labute approximate surface area is 182 Å². The molecule has 0 radical (unpaired) electrons. The van der Waals surface area contributed by atoms with Gasteiger partial charge in [0.25, 0.3) is 5.91 Å². The lowest BCUT2D eigenvalue weighted by atomic mass is 9.90. The molecule has 2 heterocycles. The summed E-state index contributed by atoms with van der Waals surface area (Å²) in [6, 6.07) is 3.30. The quantitative estimate of drug-likeness (QED) is 0.588. The minimum absolute atomic E-state index is 0.0985. The number of carboxylic acid groups (broad SMARTS) is 1. The number of aliphatic carboxylic acids is 1. The third kappa shape index (κ3) is 5.39. The van der Waals surface area contributed by atoms with Crippen LogP contribution in [0, 0.1) is 5.41 Å². The minimum atomic E-state index is -1.14. The largest absolute Gasteiger partial charge is 0.505 e. The summed E-state index contributed by atoms with van der Waals surface area (Å²) in [6.07, 6.45) is 5.16. The summed E-state index contributed by atoms with van der Waals surface area (Å²) < 4.78 is 5.27. The van der Waals surface area contributed by atoms with Crippen LogP contribution in [0.25, 0.3) is 5.57 Å². The van der Waals surface area contributed by atoms with E-state index >= 15 is 0 Å². The van der Waals surface area contributed by atoms with Gasteiger partial charge in [0.15, 0.2) is 5.69 Å². The van der Waals surface area contributed by atoms with Gasteiger partial charge in [0, 0.05) is 30.6 Å². The van der Waals surface area contributed by atoms with Gasteiger partial charge in [-0.15, -0.1) is 0 Å². The number of ether oxygens (including phenoxy) is 1. The summed E-state index contributed by atoms with van der Waals surface area (Å²) >= 11 is 0. The maximum absolute atomic E-state index is 12.4. The second kappa shape index (κ2) is 9.59. The topological polar surface area (TPSA) is 122 Å². The Morgan fingerprint density at radius 2 is 1.90 bits per heavy atom. The zero-order valence-corrected chi connectivity index (χ0v) is 18.7. The highest BCUT2D eigenvalue weighted by Gasteiger charge is 2.28. The molecule has 0 saturated heterocycles. The maximum Gasteiger partial charge on any atom is 0.310 e. The number of aromatic hydroxyl groups is 1. The van der Waals surface area contributed by atoms with Gasteiger partial charge in [0.1, 0.15) is 5.75 Å². The summed E-state index contributed by atoms with van der Waals surface area (Å²) in [6.45, 7) is 8.89. The summed E-state index contributed by atoms with van der Waals surface area (Å²) in [5, 5.41) is 22.2. The number of rotatable bonds is 8. The number of amides is 1. The third-order valence-electron chi connectivity index (χ3n) is 4.98. The smallest absolute Gasteiger partial charge is 0.310 e. The molecule has 0 aromatic carbocycles. The fourth-order valence-corrected chi connectivity index (χ4v) is 2.97. The molecule has 8 heteroatoms. The molecule has 0 aliphatic rings. The van der Waals surface area contributed by atoms with E-state index in [-0.39, 0.29) is 23.9 Å².